The highest BCUT2D eigenvalue weighted by molar-refractivity contribution is 7.92. The van der Waals surface area contributed by atoms with Crippen molar-refractivity contribution in [3.63, 3.8) is 0 Å². The average Bonchev–Trinajstić information content (AvgIpc) is 2.66. The summed E-state index contributed by atoms with van der Waals surface area (Å²) in [5, 5.41) is 2.65. The molecule has 0 aliphatic carbocycles. The number of nitrogens with one attached hydrogen (secondary N) is 1. The number of rotatable bonds is 7. The largest absolute Gasteiger partial charge is 0.495 e. The summed E-state index contributed by atoms with van der Waals surface area (Å²) >= 11 is 0. The second-order valence-electron chi connectivity index (χ2n) is 6.01. The molecule has 2 aromatic rings. The average molecular weight is 406 g/mol. The third kappa shape index (κ3) is 5.01. The van der Waals surface area contributed by atoms with Gasteiger partial charge in [0.2, 0.25) is 15.9 Å². The van der Waals surface area contributed by atoms with E-state index in [0.717, 1.165) is 10.6 Å². The zero-order chi connectivity index (χ0) is 20.9. The first-order chi connectivity index (χ1) is 13.2. The molecule has 0 fully saturated rings. The Labute approximate surface area is 164 Å². The Hall–Kier alpha value is -3.07. The summed E-state index contributed by atoms with van der Waals surface area (Å²) in [7, 11) is -1.08. The second kappa shape index (κ2) is 8.75. The van der Waals surface area contributed by atoms with Crippen molar-refractivity contribution in [2.24, 2.45) is 0 Å². The van der Waals surface area contributed by atoms with Crippen LogP contribution in [-0.2, 0) is 19.6 Å². The predicted molar refractivity (Wildman–Crippen MR) is 106 cm³/mol. The van der Waals surface area contributed by atoms with Crippen LogP contribution in [0.5, 0.6) is 5.75 Å². The first-order valence-corrected chi connectivity index (χ1v) is 10.1. The molecule has 0 aliphatic heterocycles. The van der Waals surface area contributed by atoms with Gasteiger partial charge in [0.15, 0.2) is 0 Å². The summed E-state index contributed by atoms with van der Waals surface area (Å²) in [6.07, 6.45) is 1.01. The predicted octanol–water partition coefficient (Wildman–Crippen LogP) is 2.19. The van der Waals surface area contributed by atoms with Crippen LogP contribution in [0.15, 0.2) is 42.5 Å². The molecule has 0 heterocycles. The van der Waals surface area contributed by atoms with Gasteiger partial charge in [0, 0.05) is 5.69 Å². The highest BCUT2D eigenvalue weighted by Gasteiger charge is 2.24. The summed E-state index contributed by atoms with van der Waals surface area (Å²) in [6, 6.07) is 11.2. The van der Waals surface area contributed by atoms with E-state index in [4.69, 9.17) is 4.74 Å². The van der Waals surface area contributed by atoms with Gasteiger partial charge in [0.1, 0.15) is 12.3 Å². The Kier molecular flexibility index (Phi) is 6.63. The first-order valence-electron chi connectivity index (χ1n) is 8.27. The van der Waals surface area contributed by atoms with Gasteiger partial charge >= 0.3 is 5.97 Å². The van der Waals surface area contributed by atoms with Crippen molar-refractivity contribution >= 4 is 33.3 Å². The molecule has 0 bridgehead atoms. The standard InChI is InChI=1S/C19H22N2O6S/c1-13-9-10-14(19(23)27-3)11-15(13)20-18(22)12-21(28(4,24)25)16-7-5-6-8-17(16)26-2/h5-11H,12H2,1-4H3,(H,20,22). The third-order valence-corrected chi connectivity index (χ3v) is 5.10. The fraction of sp³-hybridized carbons (Fsp3) is 0.263. The number of carbonyl (C=O) groups excluding carboxylic acids is 2. The van der Waals surface area contributed by atoms with E-state index in [2.05, 4.69) is 10.1 Å². The van der Waals surface area contributed by atoms with Crippen LogP contribution in [0.25, 0.3) is 0 Å². The van der Waals surface area contributed by atoms with Crippen LogP contribution >= 0.6 is 0 Å². The number of aryl methyl sites for hydroxylation is 1. The van der Waals surface area contributed by atoms with Crippen molar-refractivity contribution < 1.29 is 27.5 Å². The van der Waals surface area contributed by atoms with Crippen LogP contribution in [0.3, 0.4) is 0 Å². The smallest absolute Gasteiger partial charge is 0.337 e. The van der Waals surface area contributed by atoms with Crippen molar-refractivity contribution in [1.29, 1.82) is 0 Å². The molecule has 2 rings (SSSR count). The molecule has 0 aromatic heterocycles. The maximum atomic E-state index is 12.6. The molecule has 150 valence electrons. The van der Waals surface area contributed by atoms with E-state index in [1.807, 2.05) is 0 Å². The van der Waals surface area contributed by atoms with Gasteiger partial charge in [-0.3, -0.25) is 9.10 Å². The summed E-state index contributed by atoms with van der Waals surface area (Å²) in [5.41, 5.74) is 1.63. The number of esters is 1. The normalized spacial score (nSPS) is 10.9. The topological polar surface area (TPSA) is 102 Å². The van der Waals surface area contributed by atoms with Crippen molar-refractivity contribution in [1.82, 2.24) is 0 Å². The van der Waals surface area contributed by atoms with Gasteiger partial charge < -0.3 is 14.8 Å². The minimum atomic E-state index is -3.76. The van der Waals surface area contributed by atoms with Crippen LogP contribution in [0.1, 0.15) is 15.9 Å². The van der Waals surface area contributed by atoms with E-state index in [9.17, 15) is 18.0 Å². The maximum Gasteiger partial charge on any atom is 0.337 e. The Morgan fingerprint density at radius 2 is 1.79 bits per heavy atom. The van der Waals surface area contributed by atoms with E-state index in [-0.39, 0.29) is 11.3 Å². The van der Waals surface area contributed by atoms with E-state index in [1.165, 1.54) is 20.3 Å². The van der Waals surface area contributed by atoms with E-state index in [0.29, 0.717) is 17.0 Å². The molecule has 8 nitrogen and oxygen atoms in total. The van der Waals surface area contributed by atoms with Gasteiger partial charge in [-0.2, -0.15) is 0 Å². The molecular formula is C19H22N2O6S. The van der Waals surface area contributed by atoms with Crippen LogP contribution < -0.4 is 14.4 Å². The van der Waals surface area contributed by atoms with Crippen molar-refractivity contribution in [3.05, 3.63) is 53.6 Å². The number of carbonyl (C=O) groups is 2. The summed E-state index contributed by atoms with van der Waals surface area (Å²) in [6.45, 7) is 1.30. The number of para-hydroxylation sites is 2. The minimum absolute atomic E-state index is 0.252. The number of hydrogen-bond donors (Lipinski definition) is 1. The Balaban J connectivity index is 2.30. The quantitative estimate of drug-likeness (QED) is 0.707. The molecule has 0 radical (unpaired) electrons. The van der Waals surface area contributed by atoms with Crippen molar-refractivity contribution in [3.8, 4) is 5.75 Å². The molecule has 0 saturated heterocycles. The molecule has 28 heavy (non-hydrogen) atoms. The number of methoxy groups -OCH3 is 2. The lowest BCUT2D eigenvalue weighted by atomic mass is 10.1. The number of nitrogens with zero attached hydrogens (tertiary/aromatic N) is 1. The molecule has 1 amide bonds. The fourth-order valence-electron chi connectivity index (χ4n) is 2.54. The van der Waals surface area contributed by atoms with Crippen LogP contribution in [-0.4, -0.2) is 47.3 Å². The van der Waals surface area contributed by atoms with E-state index < -0.39 is 28.4 Å². The number of hydrogen-bond acceptors (Lipinski definition) is 6. The van der Waals surface area contributed by atoms with E-state index in [1.54, 1.807) is 43.3 Å². The lowest BCUT2D eigenvalue weighted by Gasteiger charge is -2.23. The van der Waals surface area contributed by atoms with Crippen molar-refractivity contribution in [2.75, 3.05) is 36.6 Å². The summed E-state index contributed by atoms with van der Waals surface area (Å²) in [5.74, 6) is -0.784. The SMILES string of the molecule is COC(=O)c1ccc(C)c(NC(=O)CN(c2ccccc2OC)S(C)(=O)=O)c1. The zero-order valence-electron chi connectivity index (χ0n) is 16.1. The number of ether oxygens (including phenoxy) is 2. The van der Waals surface area contributed by atoms with Crippen LogP contribution in [0.4, 0.5) is 11.4 Å². The molecule has 0 aliphatic rings. The number of anilines is 2. The van der Waals surface area contributed by atoms with Gasteiger partial charge in [-0.05, 0) is 36.8 Å². The minimum Gasteiger partial charge on any atom is -0.495 e. The lowest BCUT2D eigenvalue weighted by Crippen LogP contribution is -2.37. The Bertz CT molecular complexity index is 988. The highest BCUT2D eigenvalue weighted by Crippen LogP contribution is 2.29. The Morgan fingerprint density at radius 3 is 2.39 bits per heavy atom. The highest BCUT2D eigenvalue weighted by atomic mass is 32.2. The van der Waals surface area contributed by atoms with Crippen LogP contribution in [0, 0.1) is 6.92 Å². The van der Waals surface area contributed by atoms with Gasteiger partial charge in [0.05, 0.1) is 31.7 Å². The summed E-state index contributed by atoms with van der Waals surface area (Å²) in [4.78, 5) is 24.3. The molecule has 0 saturated carbocycles. The molecule has 9 heteroatoms. The zero-order valence-corrected chi connectivity index (χ0v) is 16.9. The molecule has 0 unspecified atom stereocenters. The van der Waals surface area contributed by atoms with E-state index >= 15 is 0 Å². The molecule has 0 atom stereocenters. The molecule has 0 spiro atoms. The number of sulfonamides is 1. The lowest BCUT2D eigenvalue weighted by molar-refractivity contribution is -0.114. The maximum absolute atomic E-state index is 12.6. The molecule has 2 aromatic carbocycles. The third-order valence-electron chi connectivity index (χ3n) is 3.97. The van der Waals surface area contributed by atoms with Crippen LogP contribution in [0.2, 0.25) is 0 Å². The number of amides is 1. The van der Waals surface area contributed by atoms with Gasteiger partial charge in [-0.25, -0.2) is 13.2 Å². The first kappa shape index (κ1) is 21.2. The molecular weight excluding hydrogens is 384 g/mol. The fourth-order valence-corrected chi connectivity index (χ4v) is 3.40. The monoisotopic (exact) mass is 406 g/mol. The van der Waals surface area contributed by atoms with Crippen molar-refractivity contribution in [2.45, 2.75) is 6.92 Å². The van der Waals surface area contributed by atoms with Gasteiger partial charge in [0.25, 0.3) is 0 Å². The van der Waals surface area contributed by atoms with Gasteiger partial charge in [-0.1, -0.05) is 18.2 Å². The molecule has 1 N–H and O–H groups in total. The number of benzene rings is 2. The second-order valence-corrected chi connectivity index (χ2v) is 7.92. The van der Waals surface area contributed by atoms with Gasteiger partial charge in [-0.15, -0.1) is 0 Å². The Morgan fingerprint density at radius 1 is 1.11 bits per heavy atom. The summed E-state index contributed by atoms with van der Waals surface area (Å²) < 4.78 is 35.4.